The van der Waals surface area contributed by atoms with Crippen LogP contribution in [0.15, 0.2) is 23.2 Å². The third-order valence-electron chi connectivity index (χ3n) is 4.56. The number of sulfone groups is 1. The van der Waals surface area contributed by atoms with Crippen LogP contribution in [0, 0.1) is 0 Å². The largest absolute Gasteiger partial charge is 0.497 e. The van der Waals surface area contributed by atoms with Gasteiger partial charge in [-0.2, -0.15) is 0 Å². The van der Waals surface area contributed by atoms with Crippen molar-refractivity contribution in [3.63, 3.8) is 0 Å². The van der Waals surface area contributed by atoms with Crippen molar-refractivity contribution in [2.75, 3.05) is 39.6 Å². The van der Waals surface area contributed by atoms with Crippen molar-refractivity contribution in [2.45, 2.75) is 32.1 Å². The van der Waals surface area contributed by atoms with Gasteiger partial charge in [0.15, 0.2) is 15.8 Å². The van der Waals surface area contributed by atoms with Gasteiger partial charge in [0, 0.05) is 25.2 Å². The number of nitrogens with zero attached hydrogens (tertiary/aromatic N) is 2. The number of aliphatic imine (C=N–C) groups is 1. The summed E-state index contributed by atoms with van der Waals surface area (Å²) < 4.78 is 34.4. The zero-order chi connectivity index (χ0) is 19.4. The van der Waals surface area contributed by atoms with Crippen molar-refractivity contribution in [3.8, 4) is 11.5 Å². The molecule has 1 aromatic rings. The lowest BCUT2D eigenvalue weighted by atomic mass is 10.2. The maximum absolute atomic E-state index is 12.2. The Kier molecular flexibility index (Phi) is 6.39. The Bertz CT molecular complexity index is 760. The molecule has 8 heteroatoms. The summed E-state index contributed by atoms with van der Waals surface area (Å²) in [6.45, 7) is 7.49. The second-order valence-electron chi connectivity index (χ2n) is 6.85. The zero-order valence-corrected chi connectivity index (χ0v) is 17.0. The first kappa shape index (κ1) is 20.4. The molecule has 0 aliphatic carbocycles. The Labute approximate surface area is 156 Å². The van der Waals surface area contributed by atoms with Crippen molar-refractivity contribution >= 4 is 15.8 Å². The fourth-order valence-corrected chi connectivity index (χ4v) is 4.28. The molecular formula is C18H29N3O4S. The molecule has 1 saturated heterocycles. The summed E-state index contributed by atoms with van der Waals surface area (Å²) in [6, 6.07) is 5.60. The zero-order valence-electron chi connectivity index (χ0n) is 16.2. The number of hydrogen-bond acceptors (Lipinski definition) is 5. The third-order valence-corrected chi connectivity index (χ3v) is 7.10. The molecule has 1 aliphatic heterocycles. The van der Waals surface area contributed by atoms with Gasteiger partial charge in [0.1, 0.15) is 11.5 Å². The number of ether oxygens (including phenoxy) is 2. The fraction of sp³-hybridized carbons (Fsp3) is 0.611. The van der Waals surface area contributed by atoms with E-state index in [1.807, 2.05) is 30.0 Å². The Balaban J connectivity index is 2.25. The van der Waals surface area contributed by atoms with E-state index in [-0.39, 0.29) is 5.75 Å². The van der Waals surface area contributed by atoms with Crippen LogP contribution in [0.2, 0.25) is 0 Å². The van der Waals surface area contributed by atoms with E-state index in [0.717, 1.165) is 17.1 Å². The van der Waals surface area contributed by atoms with Crippen LogP contribution in [0.4, 0.5) is 0 Å². The van der Waals surface area contributed by atoms with Crippen LogP contribution in [0.3, 0.4) is 0 Å². The maximum Gasteiger partial charge on any atom is 0.194 e. The Morgan fingerprint density at radius 2 is 2.04 bits per heavy atom. The highest BCUT2D eigenvalue weighted by atomic mass is 32.2. The van der Waals surface area contributed by atoms with E-state index in [2.05, 4.69) is 5.32 Å². The van der Waals surface area contributed by atoms with Crippen LogP contribution in [-0.4, -0.2) is 63.6 Å². The number of methoxy groups -OCH3 is 2. The molecule has 26 heavy (non-hydrogen) atoms. The van der Waals surface area contributed by atoms with Gasteiger partial charge in [0.05, 0.1) is 31.3 Å². The minimum Gasteiger partial charge on any atom is -0.497 e. The van der Waals surface area contributed by atoms with E-state index in [4.69, 9.17) is 14.5 Å². The standard InChI is InChI=1S/C18H29N3O4S/c1-6-19-17(21-9-10-26(22,23)18(2,3)13-21)20-12-14-11-15(24-4)7-8-16(14)25-5/h7-8,11H,6,9-10,12-13H2,1-5H3,(H,19,20). The maximum atomic E-state index is 12.2. The minimum absolute atomic E-state index is 0.132. The monoisotopic (exact) mass is 383 g/mol. The van der Waals surface area contributed by atoms with Crippen molar-refractivity contribution < 1.29 is 17.9 Å². The van der Waals surface area contributed by atoms with Crippen molar-refractivity contribution in [1.29, 1.82) is 0 Å². The molecule has 0 amide bonds. The molecule has 1 aromatic carbocycles. The van der Waals surface area contributed by atoms with Crippen LogP contribution in [0.1, 0.15) is 26.3 Å². The molecule has 146 valence electrons. The molecule has 0 aromatic heterocycles. The molecule has 1 fully saturated rings. The highest BCUT2D eigenvalue weighted by Crippen LogP contribution is 2.26. The molecule has 0 saturated carbocycles. The van der Waals surface area contributed by atoms with Crippen LogP contribution >= 0.6 is 0 Å². The highest BCUT2D eigenvalue weighted by Gasteiger charge is 2.40. The molecule has 7 nitrogen and oxygen atoms in total. The normalized spacial score (nSPS) is 19.1. The predicted molar refractivity (Wildman–Crippen MR) is 104 cm³/mol. The number of hydrogen-bond donors (Lipinski definition) is 1. The van der Waals surface area contributed by atoms with Crippen LogP contribution in [0.5, 0.6) is 11.5 Å². The van der Waals surface area contributed by atoms with Crippen LogP contribution in [0.25, 0.3) is 0 Å². The number of benzene rings is 1. The topological polar surface area (TPSA) is 80.2 Å². The van der Waals surface area contributed by atoms with Gasteiger partial charge in [-0.1, -0.05) is 0 Å². The summed E-state index contributed by atoms with van der Waals surface area (Å²) in [7, 11) is 0.153. The minimum atomic E-state index is -3.09. The number of guanidine groups is 1. The molecule has 0 atom stereocenters. The average Bonchev–Trinajstić information content (AvgIpc) is 2.60. The lowest BCUT2D eigenvalue weighted by Crippen LogP contribution is -2.57. The predicted octanol–water partition coefficient (Wildman–Crippen LogP) is 1.68. The second kappa shape index (κ2) is 8.16. The Morgan fingerprint density at radius 1 is 1.31 bits per heavy atom. The number of nitrogens with one attached hydrogen (secondary N) is 1. The first-order chi connectivity index (χ1) is 12.2. The van der Waals surface area contributed by atoms with E-state index in [1.54, 1.807) is 28.1 Å². The lowest BCUT2D eigenvalue weighted by Gasteiger charge is -2.39. The molecule has 0 bridgehead atoms. The van der Waals surface area contributed by atoms with Gasteiger partial charge in [0.2, 0.25) is 0 Å². The number of rotatable bonds is 5. The van der Waals surface area contributed by atoms with Crippen molar-refractivity contribution in [2.24, 2.45) is 4.99 Å². The summed E-state index contributed by atoms with van der Waals surface area (Å²) in [5, 5.41) is 3.26. The molecule has 1 N–H and O–H groups in total. The summed E-state index contributed by atoms with van der Waals surface area (Å²) >= 11 is 0. The lowest BCUT2D eigenvalue weighted by molar-refractivity contribution is 0.353. The van der Waals surface area contributed by atoms with E-state index in [0.29, 0.717) is 32.1 Å². The van der Waals surface area contributed by atoms with Gasteiger partial charge in [-0.25, -0.2) is 13.4 Å². The molecule has 1 aliphatic rings. The van der Waals surface area contributed by atoms with Gasteiger partial charge < -0.3 is 19.7 Å². The van der Waals surface area contributed by atoms with Crippen LogP contribution in [-0.2, 0) is 16.4 Å². The SMILES string of the molecule is CCNC(=NCc1cc(OC)ccc1OC)N1CCS(=O)(=O)C(C)(C)C1. The molecule has 1 heterocycles. The molecular weight excluding hydrogens is 354 g/mol. The van der Waals surface area contributed by atoms with Crippen molar-refractivity contribution in [3.05, 3.63) is 23.8 Å². The van der Waals surface area contributed by atoms with Gasteiger partial charge >= 0.3 is 0 Å². The first-order valence-electron chi connectivity index (χ1n) is 8.70. The average molecular weight is 384 g/mol. The van der Waals surface area contributed by atoms with Crippen molar-refractivity contribution in [1.82, 2.24) is 10.2 Å². The smallest absolute Gasteiger partial charge is 0.194 e. The summed E-state index contributed by atoms with van der Waals surface area (Å²) in [5.74, 6) is 2.32. The highest BCUT2D eigenvalue weighted by molar-refractivity contribution is 7.92. The second-order valence-corrected chi connectivity index (χ2v) is 9.59. The Morgan fingerprint density at radius 3 is 2.62 bits per heavy atom. The van der Waals surface area contributed by atoms with Gasteiger partial charge in [-0.3, -0.25) is 0 Å². The van der Waals surface area contributed by atoms with Gasteiger partial charge in [0.25, 0.3) is 0 Å². The quantitative estimate of drug-likeness (QED) is 0.616. The molecule has 2 rings (SSSR count). The van der Waals surface area contributed by atoms with E-state index in [9.17, 15) is 8.42 Å². The van der Waals surface area contributed by atoms with E-state index >= 15 is 0 Å². The van der Waals surface area contributed by atoms with E-state index < -0.39 is 14.6 Å². The fourth-order valence-electron chi connectivity index (χ4n) is 2.92. The molecule has 0 spiro atoms. The third kappa shape index (κ3) is 4.41. The summed E-state index contributed by atoms with van der Waals surface area (Å²) in [4.78, 5) is 6.72. The first-order valence-corrected chi connectivity index (χ1v) is 10.4. The molecule has 0 unspecified atom stereocenters. The van der Waals surface area contributed by atoms with E-state index in [1.165, 1.54) is 0 Å². The van der Waals surface area contributed by atoms with Crippen LogP contribution < -0.4 is 14.8 Å². The Hall–Kier alpha value is -1.96. The van der Waals surface area contributed by atoms with Gasteiger partial charge in [-0.15, -0.1) is 0 Å². The van der Waals surface area contributed by atoms with Gasteiger partial charge in [-0.05, 0) is 39.0 Å². The summed E-state index contributed by atoms with van der Waals surface area (Å²) in [5.41, 5.74) is 0.908. The molecule has 0 radical (unpaired) electrons. The summed E-state index contributed by atoms with van der Waals surface area (Å²) in [6.07, 6.45) is 0.